The summed E-state index contributed by atoms with van der Waals surface area (Å²) in [7, 11) is 0. The third kappa shape index (κ3) is 1.84. The standard InChI is InChI=1S/C15H14Br2N2O2/c16-12-8-6-9(13(12)17)11-10(8)14(20)19(15(11)21)18-7-4-2-1-3-5-7/h1-5,8-13,18H,6H2/t8-,9-,10-,11-,12+,13+/m1/s1. The number of amides is 2. The number of hydrogen-bond donors (Lipinski definition) is 1. The van der Waals surface area contributed by atoms with Crippen LogP contribution in [0.1, 0.15) is 6.42 Å². The maximum atomic E-state index is 12.7. The number of halogens is 2. The molecular formula is C15H14Br2N2O2. The predicted molar refractivity (Wildman–Crippen MR) is 85.9 cm³/mol. The highest BCUT2D eigenvalue weighted by atomic mass is 79.9. The summed E-state index contributed by atoms with van der Waals surface area (Å²) in [5.41, 5.74) is 3.73. The maximum absolute atomic E-state index is 12.7. The monoisotopic (exact) mass is 412 g/mol. The van der Waals surface area contributed by atoms with Crippen LogP contribution in [0.2, 0.25) is 0 Å². The summed E-state index contributed by atoms with van der Waals surface area (Å²) in [6, 6.07) is 9.36. The Labute approximate surface area is 139 Å². The number of hydrazine groups is 1. The zero-order chi connectivity index (χ0) is 14.7. The summed E-state index contributed by atoms with van der Waals surface area (Å²) in [6.45, 7) is 0. The van der Waals surface area contributed by atoms with Gasteiger partial charge in [-0.15, -0.1) is 0 Å². The van der Waals surface area contributed by atoms with Crippen LogP contribution in [-0.4, -0.2) is 26.5 Å². The van der Waals surface area contributed by atoms with E-state index in [1.165, 1.54) is 5.01 Å². The number of hydrogen-bond acceptors (Lipinski definition) is 3. The van der Waals surface area contributed by atoms with Gasteiger partial charge in [0.1, 0.15) is 0 Å². The molecule has 3 aliphatic rings. The van der Waals surface area contributed by atoms with E-state index in [4.69, 9.17) is 0 Å². The van der Waals surface area contributed by atoms with E-state index in [1.54, 1.807) is 0 Å². The van der Waals surface area contributed by atoms with E-state index in [-0.39, 0.29) is 45.1 Å². The summed E-state index contributed by atoms with van der Waals surface area (Å²) in [5, 5.41) is 1.23. The molecule has 0 radical (unpaired) electrons. The first-order chi connectivity index (χ1) is 10.1. The Balaban J connectivity index is 1.62. The maximum Gasteiger partial charge on any atom is 0.252 e. The van der Waals surface area contributed by atoms with E-state index >= 15 is 0 Å². The molecule has 3 fully saturated rings. The van der Waals surface area contributed by atoms with Gasteiger partial charge in [-0.3, -0.25) is 15.0 Å². The quantitative estimate of drug-likeness (QED) is 0.599. The Morgan fingerprint density at radius 2 is 1.48 bits per heavy atom. The van der Waals surface area contributed by atoms with E-state index in [2.05, 4.69) is 37.3 Å². The van der Waals surface area contributed by atoms with Crippen molar-refractivity contribution in [3.63, 3.8) is 0 Å². The average molecular weight is 414 g/mol. The molecule has 4 nitrogen and oxygen atoms in total. The van der Waals surface area contributed by atoms with Crippen LogP contribution in [0.15, 0.2) is 30.3 Å². The van der Waals surface area contributed by atoms with Gasteiger partial charge in [-0.1, -0.05) is 50.1 Å². The Kier molecular flexibility index (Phi) is 3.15. The van der Waals surface area contributed by atoms with Crippen molar-refractivity contribution in [2.24, 2.45) is 23.7 Å². The second-order valence-corrected chi connectivity index (χ2v) is 8.11. The molecule has 4 rings (SSSR count). The minimum Gasteiger partial charge on any atom is -0.289 e. The number of anilines is 1. The normalized spacial score (nSPS) is 40.8. The Hall–Kier alpha value is -0.880. The van der Waals surface area contributed by atoms with Crippen molar-refractivity contribution >= 4 is 49.4 Å². The topological polar surface area (TPSA) is 49.4 Å². The largest absolute Gasteiger partial charge is 0.289 e. The van der Waals surface area contributed by atoms with Gasteiger partial charge < -0.3 is 0 Å². The molecule has 2 amide bonds. The van der Waals surface area contributed by atoms with Crippen LogP contribution in [0.3, 0.4) is 0 Å². The van der Waals surface area contributed by atoms with Crippen molar-refractivity contribution in [1.29, 1.82) is 0 Å². The molecule has 1 saturated heterocycles. The summed E-state index contributed by atoms with van der Waals surface area (Å²) in [4.78, 5) is 25.9. The number of nitrogens with one attached hydrogen (secondary N) is 1. The Morgan fingerprint density at radius 1 is 0.952 bits per heavy atom. The van der Waals surface area contributed by atoms with Gasteiger partial charge in [-0.2, -0.15) is 5.01 Å². The fraction of sp³-hybridized carbons (Fsp3) is 0.467. The van der Waals surface area contributed by atoms with Gasteiger partial charge in [-0.05, 0) is 30.4 Å². The van der Waals surface area contributed by atoms with Crippen molar-refractivity contribution < 1.29 is 9.59 Å². The molecule has 0 spiro atoms. The molecule has 2 saturated carbocycles. The van der Waals surface area contributed by atoms with Crippen molar-refractivity contribution in [3.05, 3.63) is 30.3 Å². The molecule has 0 aromatic heterocycles. The molecule has 0 unspecified atom stereocenters. The third-order valence-corrected chi connectivity index (χ3v) is 8.21. The van der Waals surface area contributed by atoms with Crippen LogP contribution in [0.5, 0.6) is 0 Å². The smallest absolute Gasteiger partial charge is 0.252 e. The first-order valence-electron chi connectivity index (χ1n) is 7.07. The van der Waals surface area contributed by atoms with E-state index < -0.39 is 0 Å². The lowest BCUT2D eigenvalue weighted by molar-refractivity contribution is -0.139. The predicted octanol–water partition coefficient (Wildman–Crippen LogP) is 2.79. The van der Waals surface area contributed by atoms with Crippen LogP contribution >= 0.6 is 31.9 Å². The highest BCUT2D eigenvalue weighted by molar-refractivity contribution is 9.12. The molecule has 21 heavy (non-hydrogen) atoms. The number of alkyl halides is 2. The lowest BCUT2D eigenvalue weighted by atomic mass is 9.81. The average Bonchev–Trinajstić information content (AvgIpc) is 3.09. The molecular weight excluding hydrogens is 400 g/mol. The number of imide groups is 1. The van der Waals surface area contributed by atoms with E-state index in [0.717, 1.165) is 12.1 Å². The number of carbonyl (C=O) groups is 2. The Bertz CT molecular complexity index is 577. The second kappa shape index (κ2) is 4.81. The molecule has 6 heteroatoms. The molecule has 2 aliphatic carbocycles. The summed E-state index contributed by atoms with van der Waals surface area (Å²) >= 11 is 7.36. The first-order valence-corrected chi connectivity index (χ1v) is 8.90. The van der Waals surface area contributed by atoms with Gasteiger partial charge in [0.05, 0.1) is 17.5 Å². The molecule has 1 aromatic rings. The van der Waals surface area contributed by atoms with Crippen LogP contribution in [-0.2, 0) is 9.59 Å². The highest BCUT2D eigenvalue weighted by Crippen LogP contribution is 2.60. The fourth-order valence-electron chi connectivity index (χ4n) is 4.10. The van der Waals surface area contributed by atoms with E-state index in [0.29, 0.717) is 0 Å². The number of para-hydroxylation sites is 1. The molecule has 6 atom stereocenters. The number of fused-ring (bicyclic) bond motifs is 5. The zero-order valence-corrected chi connectivity index (χ0v) is 14.2. The minimum absolute atomic E-state index is 0.0785. The molecule has 1 heterocycles. The van der Waals surface area contributed by atoms with Gasteiger partial charge in [-0.25, -0.2) is 0 Å². The molecule has 110 valence electrons. The van der Waals surface area contributed by atoms with Gasteiger partial charge in [0.2, 0.25) is 0 Å². The second-order valence-electron chi connectivity index (χ2n) is 5.99. The molecule has 1 aliphatic heterocycles. The lowest BCUT2D eigenvalue weighted by Crippen LogP contribution is -2.38. The highest BCUT2D eigenvalue weighted by Gasteiger charge is 2.66. The molecule has 1 N–H and O–H groups in total. The van der Waals surface area contributed by atoms with Crippen molar-refractivity contribution in [3.8, 4) is 0 Å². The number of benzene rings is 1. The van der Waals surface area contributed by atoms with Crippen LogP contribution < -0.4 is 5.43 Å². The van der Waals surface area contributed by atoms with Gasteiger partial charge >= 0.3 is 0 Å². The summed E-state index contributed by atoms with van der Waals surface area (Å²) in [5.74, 6) is 0.0102. The van der Waals surface area contributed by atoms with Gasteiger partial charge in [0, 0.05) is 9.65 Å². The van der Waals surface area contributed by atoms with Crippen molar-refractivity contribution in [1.82, 2.24) is 5.01 Å². The van der Waals surface area contributed by atoms with Crippen molar-refractivity contribution in [2.45, 2.75) is 16.1 Å². The van der Waals surface area contributed by atoms with Crippen LogP contribution in [0.25, 0.3) is 0 Å². The van der Waals surface area contributed by atoms with Crippen molar-refractivity contribution in [2.75, 3.05) is 5.43 Å². The SMILES string of the molecule is O=C1[C@@H]2[C@H]3C[C@@H]([C@H](Br)[C@H]3Br)[C@H]2C(=O)N1Nc1ccccc1. The van der Waals surface area contributed by atoms with Gasteiger partial charge in [0.25, 0.3) is 11.8 Å². The fourth-order valence-corrected chi connectivity index (χ4v) is 5.97. The number of nitrogens with zero attached hydrogens (tertiary/aromatic N) is 1. The van der Waals surface area contributed by atoms with E-state index in [9.17, 15) is 9.59 Å². The number of rotatable bonds is 2. The van der Waals surface area contributed by atoms with Crippen LogP contribution in [0, 0.1) is 23.7 Å². The zero-order valence-electron chi connectivity index (χ0n) is 11.1. The third-order valence-electron chi connectivity index (χ3n) is 5.00. The van der Waals surface area contributed by atoms with E-state index in [1.807, 2.05) is 30.3 Å². The summed E-state index contributed by atoms with van der Waals surface area (Å²) < 4.78 is 0. The van der Waals surface area contributed by atoms with Gasteiger partial charge in [0.15, 0.2) is 0 Å². The molecule has 1 aromatic carbocycles. The van der Waals surface area contributed by atoms with Crippen LogP contribution in [0.4, 0.5) is 5.69 Å². The summed E-state index contributed by atoms with van der Waals surface area (Å²) in [6.07, 6.45) is 0.956. The minimum atomic E-state index is -0.170. The first kappa shape index (κ1) is 13.8. The number of carbonyl (C=O) groups excluding carboxylic acids is 2. The lowest BCUT2D eigenvalue weighted by Gasteiger charge is -2.28. The molecule has 2 bridgehead atoms. The Morgan fingerprint density at radius 3 is 2.00 bits per heavy atom.